The van der Waals surface area contributed by atoms with E-state index >= 15 is 0 Å². The van der Waals surface area contributed by atoms with Crippen LogP contribution in [0.1, 0.15) is 29.2 Å². The van der Waals surface area contributed by atoms with Gasteiger partial charge < -0.3 is 10.6 Å². The van der Waals surface area contributed by atoms with Crippen LogP contribution < -0.4 is 5.73 Å². The smallest absolute Gasteiger partial charge is 0.273 e. The fraction of sp³-hybridized carbons (Fsp3) is 0.286. The largest absolute Gasteiger partial charge is 0.384 e. The van der Waals surface area contributed by atoms with E-state index in [1.165, 1.54) is 0 Å². The molecule has 2 rings (SSSR count). The van der Waals surface area contributed by atoms with Gasteiger partial charge in [-0.3, -0.25) is 4.79 Å². The minimum atomic E-state index is -0.0873. The van der Waals surface area contributed by atoms with E-state index in [1.54, 1.807) is 34.4 Å². The van der Waals surface area contributed by atoms with Crippen molar-refractivity contribution in [1.82, 2.24) is 9.88 Å². The zero-order valence-electron chi connectivity index (χ0n) is 11.0. The Kier molecular flexibility index (Phi) is 4.16. The van der Waals surface area contributed by atoms with Crippen LogP contribution in [-0.2, 0) is 6.54 Å². The van der Waals surface area contributed by atoms with Crippen LogP contribution in [0.5, 0.6) is 0 Å². The van der Waals surface area contributed by atoms with E-state index in [2.05, 4.69) is 4.98 Å². The number of thiophene rings is 1. The molecular weight excluding hydrogens is 258 g/mol. The molecule has 19 heavy (non-hydrogen) atoms. The molecule has 0 aliphatic rings. The summed E-state index contributed by atoms with van der Waals surface area (Å²) >= 11 is 1.65. The minimum absolute atomic E-state index is 0.0873. The van der Waals surface area contributed by atoms with Gasteiger partial charge in [-0.05, 0) is 37.4 Å². The molecule has 100 valence electrons. The normalized spacial score (nSPS) is 10.7. The monoisotopic (exact) mass is 275 g/mol. The first-order chi connectivity index (χ1) is 9.08. The van der Waals surface area contributed by atoms with E-state index in [9.17, 15) is 4.79 Å². The third kappa shape index (κ3) is 3.32. The van der Waals surface area contributed by atoms with E-state index in [0.29, 0.717) is 18.1 Å². The van der Waals surface area contributed by atoms with E-state index in [4.69, 9.17) is 5.73 Å². The van der Waals surface area contributed by atoms with Crippen molar-refractivity contribution in [2.24, 2.45) is 0 Å². The molecule has 0 spiro atoms. The summed E-state index contributed by atoms with van der Waals surface area (Å²) < 4.78 is 0. The molecule has 0 aliphatic carbocycles. The molecule has 0 fully saturated rings. The Morgan fingerprint density at radius 3 is 2.74 bits per heavy atom. The van der Waals surface area contributed by atoms with Crippen LogP contribution in [0, 0.1) is 0 Å². The second kappa shape index (κ2) is 5.84. The molecule has 2 aromatic heterocycles. The number of pyridine rings is 1. The zero-order valence-corrected chi connectivity index (χ0v) is 11.9. The highest BCUT2D eigenvalue weighted by molar-refractivity contribution is 7.09. The number of aromatic nitrogens is 1. The predicted octanol–water partition coefficient (Wildman–Crippen LogP) is 2.78. The van der Waals surface area contributed by atoms with Crippen LogP contribution in [0.4, 0.5) is 5.82 Å². The summed E-state index contributed by atoms with van der Waals surface area (Å²) in [5.41, 5.74) is 6.02. The molecule has 5 heteroatoms. The highest BCUT2D eigenvalue weighted by Gasteiger charge is 2.20. The second-order valence-corrected chi connectivity index (χ2v) is 5.59. The van der Waals surface area contributed by atoms with Gasteiger partial charge in [-0.1, -0.05) is 12.1 Å². The number of amides is 1. The SMILES string of the molecule is CC(C)N(Cc1cccs1)C(=O)c1cccc(N)n1. The van der Waals surface area contributed by atoms with Crippen molar-refractivity contribution in [2.75, 3.05) is 5.73 Å². The molecule has 0 aromatic carbocycles. The molecule has 0 unspecified atom stereocenters. The lowest BCUT2D eigenvalue weighted by molar-refractivity contribution is 0.0686. The topological polar surface area (TPSA) is 59.2 Å². The molecular formula is C14H17N3OS. The van der Waals surface area contributed by atoms with Gasteiger partial charge in [-0.25, -0.2) is 4.98 Å². The van der Waals surface area contributed by atoms with Crippen LogP contribution in [0.2, 0.25) is 0 Å². The van der Waals surface area contributed by atoms with E-state index < -0.39 is 0 Å². The van der Waals surface area contributed by atoms with Gasteiger partial charge in [0, 0.05) is 10.9 Å². The Morgan fingerprint density at radius 2 is 2.16 bits per heavy atom. The fourth-order valence-corrected chi connectivity index (χ4v) is 2.48. The quantitative estimate of drug-likeness (QED) is 0.933. The van der Waals surface area contributed by atoms with Gasteiger partial charge >= 0.3 is 0 Å². The minimum Gasteiger partial charge on any atom is -0.384 e. The Hall–Kier alpha value is -1.88. The third-order valence-electron chi connectivity index (χ3n) is 2.78. The molecule has 0 radical (unpaired) electrons. The standard InChI is InChI=1S/C14H17N3OS/c1-10(2)17(9-11-5-4-8-19-11)14(18)12-6-3-7-13(15)16-12/h3-8,10H,9H2,1-2H3,(H2,15,16). The molecule has 0 bridgehead atoms. The third-order valence-corrected chi connectivity index (χ3v) is 3.64. The number of hydrogen-bond acceptors (Lipinski definition) is 4. The summed E-state index contributed by atoms with van der Waals surface area (Å²) in [6.07, 6.45) is 0. The van der Waals surface area contributed by atoms with Crippen LogP contribution >= 0.6 is 11.3 Å². The van der Waals surface area contributed by atoms with E-state index in [-0.39, 0.29) is 11.9 Å². The van der Waals surface area contributed by atoms with E-state index in [1.807, 2.05) is 31.4 Å². The van der Waals surface area contributed by atoms with Crippen molar-refractivity contribution in [3.63, 3.8) is 0 Å². The Balaban J connectivity index is 2.21. The number of hydrogen-bond donors (Lipinski definition) is 1. The van der Waals surface area contributed by atoms with Gasteiger partial charge in [-0.2, -0.15) is 0 Å². The van der Waals surface area contributed by atoms with Gasteiger partial charge in [0.25, 0.3) is 5.91 Å². The lowest BCUT2D eigenvalue weighted by Gasteiger charge is -2.26. The van der Waals surface area contributed by atoms with Crippen molar-refractivity contribution in [3.8, 4) is 0 Å². The molecule has 2 N–H and O–H groups in total. The first-order valence-corrected chi connectivity index (χ1v) is 7.02. The Bertz CT molecular complexity index is 552. The van der Waals surface area contributed by atoms with Crippen molar-refractivity contribution in [1.29, 1.82) is 0 Å². The van der Waals surface area contributed by atoms with Crippen LogP contribution in [0.15, 0.2) is 35.7 Å². The maximum Gasteiger partial charge on any atom is 0.273 e. The van der Waals surface area contributed by atoms with Gasteiger partial charge in [0.2, 0.25) is 0 Å². The fourth-order valence-electron chi connectivity index (χ4n) is 1.78. The number of anilines is 1. The highest BCUT2D eigenvalue weighted by Crippen LogP contribution is 2.16. The van der Waals surface area contributed by atoms with Gasteiger partial charge in [-0.15, -0.1) is 11.3 Å². The van der Waals surface area contributed by atoms with Gasteiger partial charge in [0.15, 0.2) is 0 Å². The summed E-state index contributed by atoms with van der Waals surface area (Å²) in [5.74, 6) is 0.279. The van der Waals surface area contributed by atoms with E-state index in [0.717, 1.165) is 4.88 Å². The predicted molar refractivity (Wildman–Crippen MR) is 78.0 cm³/mol. The first kappa shape index (κ1) is 13.5. The number of carbonyl (C=O) groups is 1. The highest BCUT2D eigenvalue weighted by atomic mass is 32.1. The molecule has 4 nitrogen and oxygen atoms in total. The van der Waals surface area contributed by atoms with Gasteiger partial charge in [0.05, 0.1) is 6.54 Å². The number of rotatable bonds is 4. The summed E-state index contributed by atoms with van der Waals surface area (Å²) in [6.45, 7) is 4.60. The van der Waals surface area contributed by atoms with Crippen LogP contribution in [0.25, 0.3) is 0 Å². The van der Waals surface area contributed by atoms with Crippen molar-refractivity contribution in [3.05, 3.63) is 46.3 Å². The lowest BCUT2D eigenvalue weighted by Crippen LogP contribution is -2.36. The molecule has 0 atom stereocenters. The summed E-state index contributed by atoms with van der Waals surface area (Å²) in [5, 5.41) is 2.01. The number of nitrogen functional groups attached to an aromatic ring is 1. The van der Waals surface area contributed by atoms with Crippen molar-refractivity contribution >= 4 is 23.1 Å². The molecule has 2 aromatic rings. The van der Waals surface area contributed by atoms with Crippen molar-refractivity contribution < 1.29 is 4.79 Å². The molecule has 1 amide bonds. The van der Waals surface area contributed by atoms with Crippen LogP contribution in [-0.4, -0.2) is 21.8 Å². The average Bonchev–Trinajstić information content (AvgIpc) is 2.87. The summed E-state index contributed by atoms with van der Waals surface area (Å²) in [6, 6.07) is 9.25. The van der Waals surface area contributed by atoms with Crippen molar-refractivity contribution in [2.45, 2.75) is 26.4 Å². The Labute approximate surface area is 116 Å². The maximum absolute atomic E-state index is 12.5. The first-order valence-electron chi connectivity index (χ1n) is 6.14. The van der Waals surface area contributed by atoms with Crippen LogP contribution in [0.3, 0.4) is 0 Å². The molecule has 0 aliphatic heterocycles. The van der Waals surface area contributed by atoms with Gasteiger partial charge in [0.1, 0.15) is 11.5 Å². The Morgan fingerprint density at radius 1 is 1.37 bits per heavy atom. The zero-order chi connectivity index (χ0) is 13.8. The number of nitrogens with zero attached hydrogens (tertiary/aromatic N) is 2. The number of carbonyl (C=O) groups excluding carboxylic acids is 1. The summed E-state index contributed by atoms with van der Waals surface area (Å²) in [4.78, 5) is 19.5. The molecule has 0 saturated carbocycles. The molecule has 0 saturated heterocycles. The average molecular weight is 275 g/mol. The summed E-state index contributed by atoms with van der Waals surface area (Å²) in [7, 11) is 0. The second-order valence-electron chi connectivity index (χ2n) is 4.55. The maximum atomic E-state index is 12.5. The lowest BCUT2D eigenvalue weighted by atomic mass is 10.2. The molecule has 2 heterocycles. The number of nitrogens with two attached hydrogens (primary N) is 1.